The maximum atomic E-state index is 12.6. The van der Waals surface area contributed by atoms with Gasteiger partial charge in [0.25, 0.3) is 5.91 Å². The van der Waals surface area contributed by atoms with Crippen LogP contribution in [0, 0.1) is 13.8 Å². The molecule has 1 saturated heterocycles. The molecule has 1 aliphatic rings. The number of carbonyl (C=O) groups excluding carboxylic acids is 1. The zero-order chi connectivity index (χ0) is 17.1. The number of amides is 1. The summed E-state index contributed by atoms with van der Waals surface area (Å²) < 4.78 is 0. The number of thiazole rings is 1. The molecule has 0 aliphatic carbocycles. The summed E-state index contributed by atoms with van der Waals surface area (Å²) in [5.41, 5.74) is 2.42. The number of anilines is 1. The summed E-state index contributed by atoms with van der Waals surface area (Å²) in [5.74, 6) is -0.111. The van der Waals surface area contributed by atoms with Crippen LogP contribution in [0.15, 0.2) is 18.2 Å². The zero-order valence-electron chi connectivity index (χ0n) is 14.1. The first-order chi connectivity index (χ1) is 11.5. The third kappa shape index (κ3) is 3.97. The molecule has 0 radical (unpaired) electrons. The van der Waals surface area contributed by atoms with E-state index in [0.717, 1.165) is 41.6 Å². The summed E-state index contributed by atoms with van der Waals surface area (Å²) in [5, 5.41) is 4.63. The van der Waals surface area contributed by atoms with Crippen LogP contribution in [0.3, 0.4) is 0 Å². The fourth-order valence-electron chi connectivity index (χ4n) is 2.96. The molecular weight excluding hydrogens is 342 g/mol. The highest BCUT2D eigenvalue weighted by Crippen LogP contribution is 2.26. The van der Waals surface area contributed by atoms with E-state index in [-0.39, 0.29) is 5.91 Å². The number of rotatable bonds is 4. The molecule has 6 heteroatoms. The van der Waals surface area contributed by atoms with Crippen LogP contribution < -0.4 is 5.32 Å². The van der Waals surface area contributed by atoms with Crippen molar-refractivity contribution in [1.29, 1.82) is 0 Å². The van der Waals surface area contributed by atoms with Gasteiger partial charge in [0.05, 0.1) is 12.2 Å². The summed E-state index contributed by atoms with van der Waals surface area (Å²) in [6, 6.07) is 5.53. The quantitative estimate of drug-likeness (QED) is 0.859. The van der Waals surface area contributed by atoms with Gasteiger partial charge >= 0.3 is 0 Å². The van der Waals surface area contributed by atoms with Gasteiger partial charge in [-0.05, 0) is 57.5 Å². The Morgan fingerprint density at radius 3 is 2.79 bits per heavy atom. The van der Waals surface area contributed by atoms with Crippen molar-refractivity contribution in [2.24, 2.45) is 0 Å². The van der Waals surface area contributed by atoms with E-state index in [0.29, 0.717) is 9.90 Å². The Hall–Kier alpha value is -1.43. The number of carbonyl (C=O) groups is 1. The second kappa shape index (κ2) is 7.64. The molecule has 1 aromatic carbocycles. The molecule has 0 atom stereocenters. The predicted molar refractivity (Wildman–Crippen MR) is 100 cm³/mol. The minimum Gasteiger partial charge on any atom is -0.321 e. The topological polar surface area (TPSA) is 45.2 Å². The summed E-state index contributed by atoms with van der Waals surface area (Å²) in [6.45, 7) is 6.90. The minimum atomic E-state index is -0.111. The number of benzene rings is 1. The molecule has 2 aromatic rings. The molecule has 24 heavy (non-hydrogen) atoms. The standard InChI is InChI=1S/C18H22ClN3OS/c1-12-14(19)7-6-8-15(12)21-18(23)17-13(2)20-16(24-17)11-22-9-4-3-5-10-22/h6-8H,3-5,9-11H2,1-2H3,(H,21,23). The van der Waals surface area contributed by atoms with Crippen LogP contribution in [0.1, 0.15) is 45.2 Å². The van der Waals surface area contributed by atoms with E-state index in [1.165, 1.54) is 30.6 Å². The van der Waals surface area contributed by atoms with Crippen molar-refractivity contribution in [2.75, 3.05) is 18.4 Å². The Labute approximate surface area is 151 Å². The fourth-order valence-corrected chi connectivity index (χ4v) is 4.14. The number of aromatic nitrogens is 1. The smallest absolute Gasteiger partial charge is 0.267 e. The first-order valence-electron chi connectivity index (χ1n) is 8.29. The average Bonchev–Trinajstić information content (AvgIpc) is 2.93. The Bertz CT molecular complexity index is 738. The number of halogens is 1. The Kier molecular flexibility index (Phi) is 5.54. The lowest BCUT2D eigenvalue weighted by atomic mass is 10.1. The van der Waals surface area contributed by atoms with Gasteiger partial charge in [-0.25, -0.2) is 4.98 Å². The van der Waals surface area contributed by atoms with E-state index < -0.39 is 0 Å². The maximum Gasteiger partial charge on any atom is 0.267 e. The lowest BCUT2D eigenvalue weighted by Gasteiger charge is -2.25. The summed E-state index contributed by atoms with van der Waals surface area (Å²) in [6.07, 6.45) is 3.83. The lowest BCUT2D eigenvalue weighted by Crippen LogP contribution is -2.28. The Morgan fingerprint density at radius 1 is 1.29 bits per heavy atom. The monoisotopic (exact) mass is 363 g/mol. The van der Waals surface area contributed by atoms with Crippen LogP contribution in [-0.2, 0) is 6.54 Å². The van der Waals surface area contributed by atoms with Crippen LogP contribution in [0.4, 0.5) is 5.69 Å². The normalized spacial score (nSPS) is 15.5. The maximum absolute atomic E-state index is 12.6. The molecule has 0 bridgehead atoms. The van der Waals surface area contributed by atoms with Crippen molar-refractivity contribution >= 4 is 34.5 Å². The number of nitrogens with zero attached hydrogens (tertiary/aromatic N) is 2. The number of hydrogen-bond donors (Lipinski definition) is 1. The number of nitrogens with one attached hydrogen (secondary N) is 1. The SMILES string of the molecule is Cc1nc(CN2CCCCC2)sc1C(=O)Nc1cccc(Cl)c1C. The van der Waals surface area contributed by atoms with E-state index in [4.69, 9.17) is 11.6 Å². The molecule has 0 spiro atoms. The van der Waals surface area contributed by atoms with Crippen molar-refractivity contribution in [1.82, 2.24) is 9.88 Å². The third-order valence-corrected chi connectivity index (χ3v) is 5.92. The third-order valence-electron chi connectivity index (χ3n) is 4.37. The van der Waals surface area contributed by atoms with Gasteiger partial charge in [0.2, 0.25) is 0 Å². The van der Waals surface area contributed by atoms with Crippen LogP contribution in [0.2, 0.25) is 5.02 Å². The van der Waals surface area contributed by atoms with Gasteiger partial charge in [0.15, 0.2) is 0 Å². The number of aryl methyl sites for hydroxylation is 1. The molecule has 1 aliphatic heterocycles. The van der Waals surface area contributed by atoms with Gasteiger partial charge < -0.3 is 5.32 Å². The van der Waals surface area contributed by atoms with E-state index >= 15 is 0 Å². The first-order valence-corrected chi connectivity index (χ1v) is 9.49. The molecule has 3 rings (SSSR count). The summed E-state index contributed by atoms with van der Waals surface area (Å²) in [4.78, 5) is 20.3. The van der Waals surface area contributed by atoms with Crippen molar-refractivity contribution in [2.45, 2.75) is 39.7 Å². The van der Waals surface area contributed by atoms with Gasteiger partial charge in [-0.3, -0.25) is 9.69 Å². The Morgan fingerprint density at radius 2 is 2.04 bits per heavy atom. The van der Waals surface area contributed by atoms with Crippen LogP contribution in [0.5, 0.6) is 0 Å². The summed E-state index contributed by atoms with van der Waals surface area (Å²) >= 11 is 7.61. The van der Waals surface area contributed by atoms with Gasteiger partial charge in [0, 0.05) is 10.7 Å². The van der Waals surface area contributed by atoms with Crippen molar-refractivity contribution < 1.29 is 4.79 Å². The molecule has 128 valence electrons. The van der Waals surface area contributed by atoms with E-state index in [1.54, 1.807) is 0 Å². The summed E-state index contributed by atoms with van der Waals surface area (Å²) in [7, 11) is 0. The van der Waals surface area contributed by atoms with E-state index in [1.807, 2.05) is 32.0 Å². The largest absolute Gasteiger partial charge is 0.321 e. The molecule has 1 fully saturated rings. The molecule has 0 unspecified atom stereocenters. The second-order valence-corrected chi connectivity index (χ2v) is 7.72. The van der Waals surface area contributed by atoms with Crippen molar-refractivity contribution in [3.63, 3.8) is 0 Å². The van der Waals surface area contributed by atoms with Gasteiger partial charge in [0.1, 0.15) is 9.88 Å². The molecule has 2 heterocycles. The molecule has 1 aromatic heterocycles. The number of likely N-dealkylation sites (tertiary alicyclic amines) is 1. The second-order valence-electron chi connectivity index (χ2n) is 6.23. The van der Waals surface area contributed by atoms with Crippen molar-refractivity contribution in [3.05, 3.63) is 44.4 Å². The predicted octanol–water partition coefficient (Wildman–Crippen LogP) is 4.65. The first kappa shape index (κ1) is 17.4. The van der Waals surface area contributed by atoms with Gasteiger partial charge in [-0.2, -0.15) is 0 Å². The molecule has 1 amide bonds. The van der Waals surface area contributed by atoms with Crippen LogP contribution in [-0.4, -0.2) is 28.9 Å². The van der Waals surface area contributed by atoms with Crippen LogP contribution >= 0.6 is 22.9 Å². The van der Waals surface area contributed by atoms with Crippen LogP contribution in [0.25, 0.3) is 0 Å². The highest BCUT2D eigenvalue weighted by molar-refractivity contribution is 7.13. The lowest BCUT2D eigenvalue weighted by molar-refractivity contribution is 0.102. The van der Waals surface area contributed by atoms with Crippen molar-refractivity contribution in [3.8, 4) is 0 Å². The number of piperidine rings is 1. The highest BCUT2D eigenvalue weighted by Gasteiger charge is 2.19. The van der Waals surface area contributed by atoms with E-state index in [9.17, 15) is 4.79 Å². The molecule has 4 nitrogen and oxygen atoms in total. The van der Waals surface area contributed by atoms with E-state index in [2.05, 4.69) is 15.2 Å². The minimum absolute atomic E-state index is 0.111. The van der Waals surface area contributed by atoms with Gasteiger partial charge in [-0.1, -0.05) is 24.1 Å². The molecule has 0 saturated carbocycles. The highest BCUT2D eigenvalue weighted by atomic mass is 35.5. The fraction of sp³-hybridized carbons (Fsp3) is 0.444. The molecule has 1 N–H and O–H groups in total. The Balaban J connectivity index is 1.72. The molecular formula is C18H22ClN3OS. The zero-order valence-corrected chi connectivity index (χ0v) is 15.6. The number of hydrogen-bond acceptors (Lipinski definition) is 4. The van der Waals surface area contributed by atoms with Gasteiger partial charge in [-0.15, -0.1) is 11.3 Å². The average molecular weight is 364 g/mol.